The minimum atomic E-state index is -1.70. The van der Waals surface area contributed by atoms with E-state index >= 15 is 0 Å². The third kappa shape index (κ3) is 4.82. The molecule has 1 aromatic heterocycles. The van der Waals surface area contributed by atoms with Crippen molar-refractivity contribution in [1.82, 2.24) is 10.3 Å². The molecule has 9 nitrogen and oxygen atoms in total. The van der Waals surface area contributed by atoms with Crippen molar-refractivity contribution in [3.63, 3.8) is 0 Å². The first kappa shape index (κ1) is 19.5. The van der Waals surface area contributed by atoms with Crippen LogP contribution in [0, 0.1) is 11.3 Å². The van der Waals surface area contributed by atoms with E-state index in [0.29, 0.717) is 10.3 Å². The van der Waals surface area contributed by atoms with E-state index in [4.69, 9.17) is 10.00 Å². The molecule has 1 aliphatic heterocycles. The van der Waals surface area contributed by atoms with E-state index in [2.05, 4.69) is 26.2 Å². The van der Waals surface area contributed by atoms with Crippen LogP contribution in [0.25, 0.3) is 6.08 Å². The van der Waals surface area contributed by atoms with E-state index in [9.17, 15) is 25.2 Å². The Bertz CT molecular complexity index is 707. The lowest BCUT2D eigenvalue weighted by atomic mass is 9.99. The van der Waals surface area contributed by atoms with Gasteiger partial charge in [-0.15, -0.1) is 0 Å². The number of rotatable bonds is 4. The molecule has 0 saturated carbocycles. The number of ether oxygens (including phenoxy) is 1. The standard InChI is InChI=1S/C15H16BrN3O6/c16-10-3-1-2-8(19-10)4-7(5-17)14(23)18-6-9-11(20)12(21)13(22)15(24)25-9/h1-4,9,11-13,15,20-22,24H,6H2,(H,18,23)/b7-4+/t9-,11+,12-,13-,15+/m1/s1. The molecule has 134 valence electrons. The Morgan fingerprint density at radius 1 is 1.32 bits per heavy atom. The van der Waals surface area contributed by atoms with Gasteiger partial charge in [0.2, 0.25) is 0 Å². The summed E-state index contributed by atoms with van der Waals surface area (Å²) in [6.07, 6.45) is -6.36. The highest BCUT2D eigenvalue weighted by molar-refractivity contribution is 9.10. The zero-order chi connectivity index (χ0) is 18.6. The number of nitriles is 1. The lowest BCUT2D eigenvalue weighted by Crippen LogP contribution is -2.60. The molecule has 1 aromatic rings. The second-order valence-corrected chi connectivity index (χ2v) is 6.11. The lowest BCUT2D eigenvalue weighted by Gasteiger charge is -2.38. The number of nitrogens with zero attached hydrogens (tertiary/aromatic N) is 2. The predicted molar refractivity (Wildman–Crippen MR) is 87.4 cm³/mol. The maximum absolute atomic E-state index is 12.1. The van der Waals surface area contributed by atoms with E-state index in [-0.39, 0.29) is 12.1 Å². The normalized spacial score (nSPS) is 29.8. The van der Waals surface area contributed by atoms with Gasteiger partial charge in [-0.3, -0.25) is 4.79 Å². The van der Waals surface area contributed by atoms with Crippen LogP contribution in [0.5, 0.6) is 0 Å². The summed E-state index contributed by atoms with van der Waals surface area (Å²) < 4.78 is 5.48. The Hall–Kier alpha value is -1.87. The zero-order valence-electron chi connectivity index (χ0n) is 12.8. The molecular formula is C15H16BrN3O6. The molecule has 2 heterocycles. The van der Waals surface area contributed by atoms with Crippen LogP contribution in [0.4, 0.5) is 0 Å². The summed E-state index contributed by atoms with van der Waals surface area (Å²) >= 11 is 3.18. The fourth-order valence-electron chi connectivity index (χ4n) is 2.19. The van der Waals surface area contributed by atoms with Crippen molar-refractivity contribution in [2.24, 2.45) is 0 Å². The number of carbonyl (C=O) groups excluding carboxylic acids is 1. The van der Waals surface area contributed by atoms with Gasteiger partial charge >= 0.3 is 0 Å². The van der Waals surface area contributed by atoms with Crippen molar-refractivity contribution in [2.75, 3.05) is 6.54 Å². The van der Waals surface area contributed by atoms with Crippen molar-refractivity contribution < 1.29 is 30.0 Å². The Morgan fingerprint density at radius 3 is 2.68 bits per heavy atom. The lowest BCUT2D eigenvalue weighted by molar-refractivity contribution is -0.280. The third-order valence-corrected chi connectivity index (χ3v) is 3.99. The van der Waals surface area contributed by atoms with Gasteiger partial charge in [0.25, 0.3) is 5.91 Å². The van der Waals surface area contributed by atoms with Crippen molar-refractivity contribution in [3.05, 3.63) is 34.1 Å². The SMILES string of the molecule is N#C/C(=C\c1cccc(Br)n1)C(=O)NC[C@H]1O[C@H](O)[C@H](O)[C@H](O)[C@H]1O. The van der Waals surface area contributed by atoms with Gasteiger partial charge in [-0.2, -0.15) is 5.26 Å². The van der Waals surface area contributed by atoms with Gasteiger partial charge in [0.1, 0.15) is 40.7 Å². The van der Waals surface area contributed by atoms with Gasteiger partial charge in [0, 0.05) is 6.54 Å². The number of pyridine rings is 1. The van der Waals surface area contributed by atoms with E-state index in [1.165, 1.54) is 6.08 Å². The number of halogens is 1. The number of nitrogens with one attached hydrogen (secondary N) is 1. The number of aromatic nitrogens is 1. The minimum absolute atomic E-state index is 0.225. The summed E-state index contributed by atoms with van der Waals surface area (Å²) in [5.74, 6) is -0.741. The Labute approximate surface area is 151 Å². The van der Waals surface area contributed by atoms with Crippen molar-refractivity contribution >= 4 is 27.9 Å². The van der Waals surface area contributed by atoms with Crippen LogP contribution in [0.3, 0.4) is 0 Å². The summed E-state index contributed by atoms with van der Waals surface area (Å²) in [4.78, 5) is 16.2. The number of hydrogen-bond donors (Lipinski definition) is 5. The van der Waals surface area contributed by atoms with Crippen molar-refractivity contribution in [1.29, 1.82) is 5.26 Å². The molecular weight excluding hydrogens is 398 g/mol. The van der Waals surface area contributed by atoms with Crippen molar-refractivity contribution in [3.8, 4) is 6.07 Å². The molecule has 0 radical (unpaired) electrons. The van der Waals surface area contributed by atoms with Crippen LogP contribution in [-0.4, -0.2) is 68.6 Å². The Kier molecular flexibility index (Phi) is 6.60. The topological polar surface area (TPSA) is 156 Å². The molecule has 1 fully saturated rings. The van der Waals surface area contributed by atoms with Crippen LogP contribution >= 0.6 is 15.9 Å². The molecule has 0 unspecified atom stereocenters. The largest absolute Gasteiger partial charge is 0.388 e. The number of aliphatic hydroxyl groups excluding tert-OH is 4. The Balaban J connectivity index is 2.02. The first-order valence-electron chi connectivity index (χ1n) is 7.23. The summed E-state index contributed by atoms with van der Waals surface area (Å²) in [5, 5.41) is 49.7. The maximum Gasteiger partial charge on any atom is 0.262 e. The second-order valence-electron chi connectivity index (χ2n) is 5.30. The minimum Gasteiger partial charge on any atom is -0.388 e. The third-order valence-electron chi connectivity index (χ3n) is 3.54. The quantitative estimate of drug-likeness (QED) is 0.231. The van der Waals surface area contributed by atoms with Crippen molar-refractivity contribution in [2.45, 2.75) is 30.7 Å². The first-order valence-corrected chi connectivity index (χ1v) is 8.03. The smallest absolute Gasteiger partial charge is 0.262 e. The molecule has 0 aliphatic carbocycles. The van der Waals surface area contributed by atoms with Crippen LogP contribution in [0.1, 0.15) is 5.69 Å². The summed E-state index contributed by atoms with van der Waals surface area (Å²) in [5.41, 5.74) is 0.168. The highest BCUT2D eigenvalue weighted by atomic mass is 79.9. The average molecular weight is 414 g/mol. The molecule has 10 heteroatoms. The number of hydrogen-bond acceptors (Lipinski definition) is 8. The fourth-order valence-corrected chi connectivity index (χ4v) is 2.55. The van der Waals surface area contributed by atoms with E-state index in [1.54, 1.807) is 24.3 Å². The van der Waals surface area contributed by atoms with Crippen LogP contribution in [-0.2, 0) is 9.53 Å². The number of amides is 1. The van der Waals surface area contributed by atoms with E-state index < -0.39 is 36.6 Å². The van der Waals surface area contributed by atoms with Crippen LogP contribution in [0.2, 0.25) is 0 Å². The van der Waals surface area contributed by atoms with E-state index in [0.717, 1.165) is 0 Å². The maximum atomic E-state index is 12.1. The highest BCUT2D eigenvalue weighted by Gasteiger charge is 2.42. The molecule has 1 aliphatic rings. The molecule has 5 atom stereocenters. The predicted octanol–water partition coefficient (Wildman–Crippen LogP) is -1.33. The highest BCUT2D eigenvalue weighted by Crippen LogP contribution is 2.19. The van der Waals surface area contributed by atoms with Gasteiger partial charge in [0.05, 0.1) is 5.69 Å². The summed E-state index contributed by atoms with van der Waals surface area (Å²) in [7, 11) is 0. The molecule has 2 rings (SSSR count). The van der Waals surface area contributed by atoms with E-state index in [1.807, 2.05) is 0 Å². The molecule has 25 heavy (non-hydrogen) atoms. The monoisotopic (exact) mass is 413 g/mol. The summed E-state index contributed by atoms with van der Waals surface area (Å²) in [6.45, 7) is -0.286. The van der Waals surface area contributed by atoms with Gasteiger partial charge in [-0.25, -0.2) is 4.98 Å². The number of aliphatic hydroxyl groups is 4. The van der Waals surface area contributed by atoms with Gasteiger partial charge in [-0.1, -0.05) is 6.07 Å². The van der Waals surface area contributed by atoms with Gasteiger partial charge in [-0.05, 0) is 34.1 Å². The molecule has 0 spiro atoms. The number of carbonyl (C=O) groups is 1. The molecule has 0 aromatic carbocycles. The molecule has 5 N–H and O–H groups in total. The fraction of sp³-hybridized carbons (Fsp3) is 0.400. The zero-order valence-corrected chi connectivity index (χ0v) is 14.4. The first-order chi connectivity index (χ1) is 11.8. The van der Waals surface area contributed by atoms with Gasteiger partial charge < -0.3 is 30.5 Å². The molecule has 1 amide bonds. The Morgan fingerprint density at radius 2 is 2.04 bits per heavy atom. The average Bonchev–Trinajstić information content (AvgIpc) is 2.59. The molecule has 0 bridgehead atoms. The molecule has 1 saturated heterocycles. The van der Waals surface area contributed by atoms with Crippen LogP contribution in [0.15, 0.2) is 28.4 Å². The second kappa shape index (κ2) is 8.48. The van der Waals surface area contributed by atoms with Gasteiger partial charge in [0.15, 0.2) is 6.29 Å². The van der Waals surface area contributed by atoms with Crippen LogP contribution < -0.4 is 5.32 Å². The summed E-state index contributed by atoms with van der Waals surface area (Å²) in [6, 6.07) is 6.74.